The standard InChI is InChI=1S/C20H24N2O5/c1-4-5-7-21-19(23)14-10-15-13-11-17(27-3)16(26-2)9-12(13)6-8-22(15)18(14)20(24)25/h9-11H,4-8H2,1-3H3,(H,21,23)(H,24,25). The van der Waals surface area contributed by atoms with Gasteiger partial charge in [0.2, 0.25) is 0 Å². The van der Waals surface area contributed by atoms with Crippen LogP contribution in [0.2, 0.25) is 0 Å². The molecule has 2 N–H and O–H groups in total. The Morgan fingerprint density at radius 2 is 1.89 bits per heavy atom. The number of methoxy groups -OCH3 is 2. The van der Waals surface area contributed by atoms with Crippen molar-refractivity contribution in [1.29, 1.82) is 0 Å². The number of benzene rings is 1. The number of amides is 1. The number of nitrogens with one attached hydrogen (secondary N) is 1. The summed E-state index contributed by atoms with van der Waals surface area (Å²) in [6.45, 7) is 3.04. The average molecular weight is 372 g/mol. The largest absolute Gasteiger partial charge is 0.493 e. The van der Waals surface area contributed by atoms with Crippen molar-refractivity contribution in [2.24, 2.45) is 0 Å². The number of unbranched alkanes of at least 4 members (excludes halogenated alkanes) is 1. The molecule has 1 aliphatic rings. The Labute approximate surface area is 157 Å². The van der Waals surface area contributed by atoms with Crippen LogP contribution in [0.3, 0.4) is 0 Å². The third kappa shape index (κ3) is 3.37. The van der Waals surface area contributed by atoms with E-state index in [1.54, 1.807) is 24.9 Å². The van der Waals surface area contributed by atoms with Crippen LogP contribution in [-0.4, -0.2) is 42.3 Å². The molecule has 0 saturated heterocycles. The number of aromatic nitrogens is 1. The normalized spacial score (nSPS) is 12.1. The second kappa shape index (κ2) is 7.73. The third-order valence-corrected chi connectivity index (χ3v) is 4.85. The first-order valence-electron chi connectivity index (χ1n) is 9.02. The fraction of sp³-hybridized carbons (Fsp3) is 0.400. The molecule has 0 spiro atoms. The first-order valence-corrected chi connectivity index (χ1v) is 9.02. The van der Waals surface area contributed by atoms with Crippen molar-refractivity contribution in [2.75, 3.05) is 20.8 Å². The summed E-state index contributed by atoms with van der Waals surface area (Å²) in [5.41, 5.74) is 2.81. The van der Waals surface area contributed by atoms with Crippen LogP contribution in [-0.2, 0) is 13.0 Å². The van der Waals surface area contributed by atoms with E-state index in [1.807, 2.05) is 19.1 Å². The van der Waals surface area contributed by atoms with Gasteiger partial charge in [0, 0.05) is 24.3 Å². The van der Waals surface area contributed by atoms with Crippen LogP contribution in [0, 0.1) is 0 Å². The minimum Gasteiger partial charge on any atom is -0.493 e. The average Bonchev–Trinajstić information content (AvgIpc) is 3.07. The van der Waals surface area contributed by atoms with Gasteiger partial charge in [-0.05, 0) is 36.6 Å². The molecule has 1 aliphatic heterocycles. The van der Waals surface area contributed by atoms with Crippen molar-refractivity contribution < 1.29 is 24.2 Å². The van der Waals surface area contributed by atoms with Crippen LogP contribution in [0.5, 0.6) is 11.5 Å². The van der Waals surface area contributed by atoms with Gasteiger partial charge < -0.3 is 24.5 Å². The number of carboxylic acid groups (broad SMARTS) is 1. The molecular formula is C20H24N2O5. The molecule has 3 rings (SSSR count). The number of hydrogen-bond acceptors (Lipinski definition) is 4. The van der Waals surface area contributed by atoms with Crippen LogP contribution < -0.4 is 14.8 Å². The summed E-state index contributed by atoms with van der Waals surface area (Å²) in [4.78, 5) is 24.4. The Balaban J connectivity index is 2.09. The fourth-order valence-electron chi connectivity index (χ4n) is 3.48. The Morgan fingerprint density at radius 1 is 1.19 bits per heavy atom. The molecule has 0 atom stereocenters. The van der Waals surface area contributed by atoms with Crippen molar-refractivity contribution in [3.05, 3.63) is 35.0 Å². The highest BCUT2D eigenvalue weighted by atomic mass is 16.5. The van der Waals surface area contributed by atoms with Gasteiger partial charge in [-0.1, -0.05) is 13.3 Å². The zero-order valence-corrected chi connectivity index (χ0v) is 15.8. The monoisotopic (exact) mass is 372 g/mol. The van der Waals surface area contributed by atoms with Gasteiger partial charge in [0.05, 0.1) is 19.8 Å². The Morgan fingerprint density at radius 3 is 2.52 bits per heavy atom. The van der Waals surface area contributed by atoms with Crippen molar-refractivity contribution >= 4 is 11.9 Å². The topological polar surface area (TPSA) is 89.8 Å². The van der Waals surface area contributed by atoms with Gasteiger partial charge in [-0.15, -0.1) is 0 Å². The molecule has 7 nitrogen and oxygen atoms in total. The zero-order chi connectivity index (χ0) is 19.6. The summed E-state index contributed by atoms with van der Waals surface area (Å²) in [5, 5.41) is 12.5. The molecule has 2 aromatic rings. The molecule has 0 saturated carbocycles. The van der Waals surface area contributed by atoms with Crippen molar-refractivity contribution in [2.45, 2.75) is 32.7 Å². The lowest BCUT2D eigenvalue weighted by Crippen LogP contribution is -2.26. The minimum atomic E-state index is -1.11. The van der Waals surface area contributed by atoms with E-state index in [0.29, 0.717) is 36.7 Å². The highest BCUT2D eigenvalue weighted by molar-refractivity contribution is 6.05. The van der Waals surface area contributed by atoms with E-state index in [-0.39, 0.29) is 17.2 Å². The highest BCUT2D eigenvalue weighted by Crippen LogP contribution is 2.40. The van der Waals surface area contributed by atoms with E-state index < -0.39 is 5.97 Å². The molecule has 1 amide bonds. The first kappa shape index (κ1) is 18.8. The maximum Gasteiger partial charge on any atom is 0.353 e. The fourth-order valence-corrected chi connectivity index (χ4v) is 3.48. The lowest BCUT2D eigenvalue weighted by molar-refractivity contribution is 0.0679. The number of carbonyl (C=O) groups is 2. The number of fused-ring (bicyclic) bond motifs is 3. The molecule has 7 heteroatoms. The van der Waals surface area contributed by atoms with E-state index in [4.69, 9.17) is 9.47 Å². The number of nitrogens with zero attached hydrogens (tertiary/aromatic N) is 1. The molecule has 0 aliphatic carbocycles. The van der Waals surface area contributed by atoms with E-state index in [1.165, 1.54) is 0 Å². The number of ether oxygens (including phenoxy) is 2. The Hall–Kier alpha value is -2.96. The summed E-state index contributed by atoms with van der Waals surface area (Å²) < 4.78 is 12.4. The lowest BCUT2D eigenvalue weighted by atomic mass is 9.97. The van der Waals surface area contributed by atoms with E-state index in [0.717, 1.165) is 24.0 Å². The van der Waals surface area contributed by atoms with Crippen LogP contribution in [0.15, 0.2) is 18.2 Å². The number of aryl methyl sites for hydroxylation is 1. The third-order valence-electron chi connectivity index (χ3n) is 4.85. The van der Waals surface area contributed by atoms with Gasteiger partial charge in [0.25, 0.3) is 5.91 Å². The van der Waals surface area contributed by atoms with E-state index in [9.17, 15) is 14.7 Å². The van der Waals surface area contributed by atoms with Crippen molar-refractivity contribution in [3.8, 4) is 22.8 Å². The van der Waals surface area contributed by atoms with E-state index in [2.05, 4.69) is 5.32 Å². The first-order chi connectivity index (χ1) is 13.0. The summed E-state index contributed by atoms with van der Waals surface area (Å²) in [6.07, 6.45) is 2.45. The molecule has 0 bridgehead atoms. The number of hydrogen-bond donors (Lipinski definition) is 2. The highest BCUT2D eigenvalue weighted by Gasteiger charge is 2.29. The molecule has 27 heavy (non-hydrogen) atoms. The van der Waals surface area contributed by atoms with Gasteiger partial charge >= 0.3 is 5.97 Å². The van der Waals surface area contributed by atoms with E-state index >= 15 is 0 Å². The van der Waals surface area contributed by atoms with Crippen LogP contribution in [0.4, 0.5) is 0 Å². The van der Waals surface area contributed by atoms with Gasteiger partial charge in [0.1, 0.15) is 5.69 Å². The lowest BCUT2D eigenvalue weighted by Gasteiger charge is -2.22. The molecule has 144 valence electrons. The maximum absolute atomic E-state index is 12.6. The quantitative estimate of drug-likeness (QED) is 0.730. The molecule has 0 radical (unpaired) electrons. The smallest absolute Gasteiger partial charge is 0.353 e. The molecule has 1 aromatic carbocycles. The molecule has 0 fully saturated rings. The summed E-state index contributed by atoms with van der Waals surface area (Å²) in [5.74, 6) is -0.264. The second-order valence-corrected chi connectivity index (χ2v) is 6.47. The van der Waals surface area contributed by atoms with Crippen LogP contribution >= 0.6 is 0 Å². The minimum absolute atomic E-state index is 0.0273. The molecular weight excluding hydrogens is 348 g/mol. The van der Waals surface area contributed by atoms with Gasteiger partial charge in [-0.2, -0.15) is 0 Å². The number of carboxylic acids is 1. The zero-order valence-electron chi connectivity index (χ0n) is 15.8. The number of rotatable bonds is 7. The van der Waals surface area contributed by atoms with Crippen LogP contribution in [0.25, 0.3) is 11.3 Å². The van der Waals surface area contributed by atoms with Gasteiger partial charge in [0.15, 0.2) is 11.5 Å². The predicted molar refractivity (Wildman–Crippen MR) is 101 cm³/mol. The molecule has 0 unspecified atom stereocenters. The van der Waals surface area contributed by atoms with Crippen molar-refractivity contribution in [1.82, 2.24) is 9.88 Å². The summed E-state index contributed by atoms with van der Waals surface area (Å²) in [7, 11) is 3.14. The SMILES string of the molecule is CCCCNC(=O)c1cc2n(c1C(=O)O)CCc1cc(OC)c(OC)cc1-2. The summed E-state index contributed by atoms with van der Waals surface area (Å²) in [6, 6.07) is 5.41. The second-order valence-electron chi connectivity index (χ2n) is 6.47. The molecule has 1 aromatic heterocycles. The van der Waals surface area contributed by atoms with Crippen LogP contribution in [0.1, 0.15) is 46.2 Å². The molecule has 2 heterocycles. The Kier molecular flexibility index (Phi) is 5.39. The Bertz CT molecular complexity index is 885. The number of carbonyl (C=O) groups excluding carboxylic acids is 1. The maximum atomic E-state index is 12.6. The van der Waals surface area contributed by atoms with Gasteiger partial charge in [-0.3, -0.25) is 4.79 Å². The number of aromatic carboxylic acids is 1. The van der Waals surface area contributed by atoms with Gasteiger partial charge in [-0.25, -0.2) is 4.79 Å². The predicted octanol–water partition coefficient (Wildman–Crippen LogP) is 2.96. The summed E-state index contributed by atoms with van der Waals surface area (Å²) >= 11 is 0. The van der Waals surface area contributed by atoms with Crippen molar-refractivity contribution in [3.63, 3.8) is 0 Å².